The molecule has 0 aromatic carbocycles. The van der Waals surface area contributed by atoms with Crippen molar-refractivity contribution in [1.82, 2.24) is 5.32 Å². The second kappa shape index (κ2) is 19.3. The molecule has 7 unspecified atom stereocenters. The summed E-state index contributed by atoms with van der Waals surface area (Å²) in [6, 6.07) is -1.06. The fourth-order valence-electron chi connectivity index (χ4n) is 6.53. The van der Waals surface area contributed by atoms with Crippen LogP contribution in [0.3, 0.4) is 0 Å². The van der Waals surface area contributed by atoms with Crippen LogP contribution >= 0.6 is 0 Å². The summed E-state index contributed by atoms with van der Waals surface area (Å²) < 4.78 is 29.1. The zero-order valence-corrected chi connectivity index (χ0v) is 29.0. The van der Waals surface area contributed by atoms with Gasteiger partial charge in [0.1, 0.15) is 54.9 Å². The summed E-state index contributed by atoms with van der Waals surface area (Å²) in [6.07, 6.45) is -10.0. The number of aliphatic hydroxyl groups is 7. The van der Waals surface area contributed by atoms with Crippen LogP contribution in [0.25, 0.3) is 0 Å². The van der Waals surface area contributed by atoms with Crippen molar-refractivity contribution in [3.8, 4) is 0 Å². The Hall–Kier alpha value is -1.54. The van der Waals surface area contributed by atoms with Gasteiger partial charge in [0.05, 0.1) is 31.5 Å². The summed E-state index contributed by atoms with van der Waals surface area (Å²) in [4.78, 5) is 23.5. The van der Waals surface area contributed by atoms with E-state index in [9.17, 15) is 45.3 Å². The van der Waals surface area contributed by atoms with Gasteiger partial charge in [-0.2, -0.15) is 0 Å². The van der Waals surface area contributed by atoms with Crippen molar-refractivity contribution in [3.63, 3.8) is 0 Å². The number of carbonyl (C=O) groups is 2. The molecule has 16 heteroatoms. The lowest BCUT2D eigenvalue weighted by Gasteiger charge is -2.51. The van der Waals surface area contributed by atoms with E-state index in [-0.39, 0.29) is 25.4 Å². The molecule has 3 rings (SSSR count). The maximum Gasteiger partial charge on any atom is 0.303 e. The molecule has 3 heterocycles. The quantitative estimate of drug-likeness (QED) is 0.0847. The smallest absolute Gasteiger partial charge is 0.303 e. The highest BCUT2D eigenvalue weighted by Gasteiger charge is 2.54. The topological polar surface area (TPSA) is 254 Å². The number of hydrogen-bond acceptors (Lipinski definition) is 14. The summed E-state index contributed by atoms with van der Waals surface area (Å²) >= 11 is 0. The minimum Gasteiger partial charge on any atom is -0.481 e. The van der Waals surface area contributed by atoms with E-state index in [0.717, 1.165) is 38.5 Å². The number of carboxylic acids is 1. The summed E-state index contributed by atoms with van der Waals surface area (Å²) in [7, 11) is 0. The third-order valence-corrected chi connectivity index (χ3v) is 9.44. The van der Waals surface area contributed by atoms with Crippen molar-refractivity contribution in [2.75, 3.05) is 13.2 Å². The number of ether oxygens (including phenoxy) is 5. The van der Waals surface area contributed by atoms with Crippen molar-refractivity contribution >= 4 is 11.9 Å². The van der Waals surface area contributed by atoms with Crippen LogP contribution in [-0.2, 0) is 33.3 Å². The maximum atomic E-state index is 12.9. The largest absolute Gasteiger partial charge is 0.481 e. The zero-order chi connectivity index (χ0) is 36.5. The molecule has 0 spiro atoms. The number of amides is 1. The molecule has 0 bridgehead atoms. The predicted octanol–water partition coefficient (Wildman–Crippen LogP) is -0.700. The van der Waals surface area contributed by atoms with E-state index in [1.807, 2.05) is 20.8 Å². The highest BCUT2D eigenvalue weighted by atomic mass is 16.7. The molecule has 3 fully saturated rings. The number of carboxylic acid groups (broad SMARTS) is 1. The Balaban J connectivity index is 1.58. The average molecular weight is 710 g/mol. The Morgan fingerprint density at radius 2 is 1.29 bits per heavy atom. The molecule has 3 saturated heterocycles. The maximum absolute atomic E-state index is 12.9. The van der Waals surface area contributed by atoms with Crippen molar-refractivity contribution in [2.24, 2.45) is 5.41 Å². The van der Waals surface area contributed by atoms with Crippen molar-refractivity contribution in [3.05, 3.63) is 0 Å². The van der Waals surface area contributed by atoms with Gasteiger partial charge in [0.2, 0.25) is 5.91 Å². The van der Waals surface area contributed by atoms with E-state index < -0.39 is 104 Å². The summed E-state index contributed by atoms with van der Waals surface area (Å²) in [5.74, 6) is -1.12. The van der Waals surface area contributed by atoms with Gasteiger partial charge in [0, 0.05) is 12.8 Å². The fourth-order valence-corrected chi connectivity index (χ4v) is 6.53. The molecule has 49 heavy (non-hydrogen) atoms. The first-order chi connectivity index (χ1) is 23.1. The van der Waals surface area contributed by atoms with Crippen molar-refractivity contribution < 1.29 is 74.1 Å². The van der Waals surface area contributed by atoms with Gasteiger partial charge in [-0.25, -0.2) is 0 Å². The lowest BCUT2D eigenvalue weighted by atomic mass is 9.79. The number of aliphatic hydroxyl groups excluding tert-OH is 7. The molecule has 0 aliphatic carbocycles. The molecular weight excluding hydrogens is 650 g/mol. The van der Waals surface area contributed by atoms with Crippen LogP contribution in [0.15, 0.2) is 0 Å². The van der Waals surface area contributed by atoms with Crippen LogP contribution in [0, 0.1) is 5.41 Å². The number of rotatable bonds is 17. The molecule has 3 aliphatic rings. The molecule has 0 aromatic rings. The predicted molar refractivity (Wildman–Crippen MR) is 171 cm³/mol. The number of carbonyl (C=O) groups excluding carboxylic acids is 1. The minimum absolute atomic E-state index is 0.189. The van der Waals surface area contributed by atoms with Crippen LogP contribution < -0.4 is 5.32 Å². The van der Waals surface area contributed by atoms with Gasteiger partial charge >= 0.3 is 5.97 Å². The van der Waals surface area contributed by atoms with Crippen molar-refractivity contribution in [1.29, 1.82) is 0 Å². The van der Waals surface area contributed by atoms with E-state index in [1.54, 1.807) is 0 Å². The highest BCUT2D eigenvalue weighted by molar-refractivity contribution is 5.76. The van der Waals surface area contributed by atoms with E-state index in [4.69, 9.17) is 28.8 Å². The standard InChI is InChI=1S/C33H59NO15/c1-17-28(48-31-26(43)23(40)18(36)16-45-31)25(42)27(44)32(46-17)49-29-24(41)22(19(15-35)47-30(29)33(2,3)4)34-20(37)13-11-9-7-5-6-8-10-12-14-21(38)39/h17-19,22-32,35-36,40-44H,5-16H2,1-4H3,(H,34,37)(H,38,39)/t17?,18-,19-,22+,23?,24?,25?,26?,27?,28+,29?,30-,31+,32+/m1/s1. The third-order valence-electron chi connectivity index (χ3n) is 9.44. The molecule has 0 aromatic heterocycles. The molecule has 9 N–H and O–H groups in total. The van der Waals surface area contributed by atoms with Gasteiger partial charge in [-0.15, -0.1) is 0 Å². The number of hydrogen-bond donors (Lipinski definition) is 9. The van der Waals surface area contributed by atoms with Crippen LogP contribution in [0.5, 0.6) is 0 Å². The van der Waals surface area contributed by atoms with Gasteiger partial charge in [0.15, 0.2) is 12.6 Å². The van der Waals surface area contributed by atoms with E-state index in [2.05, 4.69) is 5.32 Å². The number of unbranched alkanes of at least 4 members (excludes halogenated alkanes) is 7. The second-order valence-corrected chi connectivity index (χ2v) is 14.6. The normalized spacial score (nSPS) is 38.7. The molecule has 0 saturated carbocycles. The summed E-state index contributed by atoms with van der Waals surface area (Å²) in [6.45, 7) is 6.22. The Labute approximate surface area is 287 Å². The Kier molecular flexibility index (Phi) is 16.5. The first kappa shape index (κ1) is 41.9. The monoisotopic (exact) mass is 709 g/mol. The highest BCUT2D eigenvalue weighted by Crippen LogP contribution is 2.37. The Bertz CT molecular complexity index is 1010. The molecule has 1 amide bonds. The molecular formula is C33H59NO15. The third kappa shape index (κ3) is 11.7. The van der Waals surface area contributed by atoms with Gasteiger partial charge in [-0.05, 0) is 25.2 Å². The Morgan fingerprint density at radius 3 is 1.86 bits per heavy atom. The summed E-state index contributed by atoms with van der Waals surface area (Å²) in [5.41, 5.74) is -0.653. The molecule has 16 nitrogen and oxygen atoms in total. The SMILES string of the molecule is CC1O[C@@H](OC2C(O)[C@@H](NC(=O)CCCCCCCCCCC(=O)O)[C@@H](CO)O[C@H]2C(C)(C)C)C(O)C(O)[C@H]1O[C@@H]1OC[C@@H](O)C(O)C1O. The first-order valence-electron chi connectivity index (χ1n) is 17.5. The van der Waals surface area contributed by atoms with Crippen LogP contribution in [0.1, 0.15) is 91.9 Å². The van der Waals surface area contributed by atoms with Gasteiger partial charge in [-0.3, -0.25) is 9.59 Å². The summed E-state index contributed by atoms with van der Waals surface area (Å²) in [5, 5.41) is 85.2. The second-order valence-electron chi connectivity index (χ2n) is 14.6. The number of nitrogens with one attached hydrogen (secondary N) is 1. The lowest BCUT2D eigenvalue weighted by Crippen LogP contribution is -2.69. The van der Waals surface area contributed by atoms with E-state index >= 15 is 0 Å². The minimum atomic E-state index is -1.71. The molecule has 0 radical (unpaired) electrons. The van der Waals surface area contributed by atoms with E-state index in [1.165, 1.54) is 6.92 Å². The van der Waals surface area contributed by atoms with Crippen LogP contribution in [-0.4, -0.2) is 152 Å². The van der Waals surface area contributed by atoms with E-state index in [0.29, 0.717) is 12.8 Å². The van der Waals surface area contributed by atoms with Crippen molar-refractivity contribution in [2.45, 2.75) is 178 Å². The molecule has 14 atom stereocenters. The Morgan fingerprint density at radius 1 is 0.735 bits per heavy atom. The van der Waals surface area contributed by atoms with Gasteiger partial charge < -0.3 is 69.9 Å². The molecule has 286 valence electrons. The van der Waals surface area contributed by atoms with Crippen LogP contribution in [0.2, 0.25) is 0 Å². The lowest BCUT2D eigenvalue weighted by molar-refractivity contribution is -0.361. The average Bonchev–Trinajstić information content (AvgIpc) is 3.03. The van der Waals surface area contributed by atoms with Crippen LogP contribution in [0.4, 0.5) is 0 Å². The fraction of sp³-hybridized carbons (Fsp3) is 0.939. The van der Waals surface area contributed by atoms with Gasteiger partial charge in [0.25, 0.3) is 0 Å². The number of aliphatic carboxylic acids is 1. The zero-order valence-electron chi connectivity index (χ0n) is 29.0. The first-order valence-corrected chi connectivity index (χ1v) is 17.5. The van der Waals surface area contributed by atoms with Gasteiger partial charge in [-0.1, -0.05) is 59.3 Å². The molecule has 3 aliphatic heterocycles.